The number of carbonyl (C=O) groups is 1. The Labute approximate surface area is 128 Å². The Balaban J connectivity index is 0.00000147. The SMILES string of the molecule is Br.N=C1c2ccccc2CN1CC(=O)c1ccccc1. The molecule has 3 rings (SSSR count). The number of hydrogen-bond donors (Lipinski definition) is 1. The highest BCUT2D eigenvalue weighted by Crippen LogP contribution is 2.22. The molecule has 1 aliphatic rings. The number of halogens is 1. The van der Waals surface area contributed by atoms with Crippen molar-refractivity contribution in [3.8, 4) is 0 Å². The van der Waals surface area contributed by atoms with Gasteiger partial charge in [-0.2, -0.15) is 0 Å². The topological polar surface area (TPSA) is 44.2 Å². The van der Waals surface area contributed by atoms with Crippen LogP contribution in [0.5, 0.6) is 0 Å². The standard InChI is InChI=1S/C16H14N2O.BrH/c17-16-14-9-5-4-8-13(14)10-18(16)11-15(19)12-6-2-1-3-7-12;/h1-9,17H,10-11H2;1H. The van der Waals surface area contributed by atoms with Crippen molar-refractivity contribution >= 4 is 28.6 Å². The van der Waals surface area contributed by atoms with Gasteiger partial charge in [-0.1, -0.05) is 54.6 Å². The fraction of sp³-hybridized carbons (Fsp3) is 0.125. The molecule has 2 aromatic rings. The van der Waals surface area contributed by atoms with Crippen molar-refractivity contribution in [3.63, 3.8) is 0 Å². The molecule has 0 amide bonds. The second-order valence-corrected chi connectivity index (χ2v) is 4.65. The molecule has 0 spiro atoms. The van der Waals surface area contributed by atoms with Crippen LogP contribution in [0.3, 0.4) is 0 Å². The van der Waals surface area contributed by atoms with Crippen LogP contribution in [-0.4, -0.2) is 23.1 Å². The predicted octanol–water partition coefficient (Wildman–Crippen LogP) is 3.29. The molecule has 1 heterocycles. The fourth-order valence-electron chi connectivity index (χ4n) is 2.37. The first-order chi connectivity index (χ1) is 9.25. The molecular weight excluding hydrogens is 316 g/mol. The maximum absolute atomic E-state index is 12.2. The van der Waals surface area contributed by atoms with E-state index in [1.165, 1.54) is 0 Å². The van der Waals surface area contributed by atoms with Crippen LogP contribution in [0.1, 0.15) is 21.5 Å². The first-order valence-corrected chi connectivity index (χ1v) is 6.26. The van der Waals surface area contributed by atoms with Crippen LogP contribution in [0.25, 0.3) is 0 Å². The molecule has 1 N–H and O–H groups in total. The Morgan fingerprint density at radius 2 is 1.70 bits per heavy atom. The van der Waals surface area contributed by atoms with Crippen molar-refractivity contribution in [3.05, 3.63) is 71.3 Å². The number of ketones is 1. The third kappa shape index (κ3) is 2.65. The van der Waals surface area contributed by atoms with Crippen molar-refractivity contribution in [2.45, 2.75) is 6.54 Å². The van der Waals surface area contributed by atoms with E-state index in [1.54, 1.807) is 0 Å². The van der Waals surface area contributed by atoms with Gasteiger partial charge in [0, 0.05) is 17.7 Å². The molecule has 0 aromatic heterocycles. The van der Waals surface area contributed by atoms with Crippen molar-refractivity contribution in [2.75, 3.05) is 6.54 Å². The largest absolute Gasteiger partial charge is 0.345 e. The summed E-state index contributed by atoms with van der Waals surface area (Å²) < 4.78 is 0. The molecule has 0 unspecified atom stereocenters. The number of nitrogens with one attached hydrogen (secondary N) is 1. The monoisotopic (exact) mass is 330 g/mol. The van der Waals surface area contributed by atoms with E-state index in [1.807, 2.05) is 59.5 Å². The average molecular weight is 331 g/mol. The molecule has 0 saturated carbocycles. The van der Waals surface area contributed by atoms with Gasteiger partial charge in [-0.05, 0) is 5.56 Å². The van der Waals surface area contributed by atoms with Crippen LogP contribution in [0.4, 0.5) is 0 Å². The Morgan fingerprint density at radius 1 is 1.05 bits per heavy atom. The zero-order valence-electron chi connectivity index (χ0n) is 10.9. The summed E-state index contributed by atoms with van der Waals surface area (Å²) in [6, 6.07) is 17.1. The number of nitrogens with zero attached hydrogens (tertiary/aromatic N) is 1. The summed E-state index contributed by atoms with van der Waals surface area (Å²) in [5, 5.41) is 8.12. The van der Waals surface area contributed by atoms with E-state index < -0.39 is 0 Å². The molecular formula is C16H15BrN2O. The number of benzene rings is 2. The Hall–Kier alpha value is -1.94. The van der Waals surface area contributed by atoms with Crippen LogP contribution < -0.4 is 0 Å². The summed E-state index contributed by atoms with van der Waals surface area (Å²) in [4.78, 5) is 14.0. The number of fused-ring (bicyclic) bond motifs is 1. The molecule has 2 aromatic carbocycles. The van der Waals surface area contributed by atoms with Crippen molar-refractivity contribution < 1.29 is 4.79 Å². The van der Waals surface area contributed by atoms with Crippen LogP contribution in [0.2, 0.25) is 0 Å². The maximum atomic E-state index is 12.2. The summed E-state index contributed by atoms with van der Waals surface area (Å²) >= 11 is 0. The van der Waals surface area contributed by atoms with Crippen LogP contribution >= 0.6 is 17.0 Å². The number of amidine groups is 1. The van der Waals surface area contributed by atoms with Gasteiger partial charge in [-0.25, -0.2) is 0 Å². The second-order valence-electron chi connectivity index (χ2n) is 4.65. The number of rotatable bonds is 3. The highest BCUT2D eigenvalue weighted by atomic mass is 79.9. The van der Waals surface area contributed by atoms with E-state index in [0.29, 0.717) is 17.9 Å². The molecule has 102 valence electrons. The molecule has 0 bridgehead atoms. The summed E-state index contributed by atoms with van der Waals surface area (Å²) in [5.41, 5.74) is 2.75. The third-order valence-electron chi connectivity index (χ3n) is 3.38. The summed E-state index contributed by atoms with van der Waals surface area (Å²) in [5.74, 6) is 0.498. The van der Waals surface area contributed by atoms with E-state index in [9.17, 15) is 4.79 Å². The highest BCUT2D eigenvalue weighted by Gasteiger charge is 2.25. The van der Waals surface area contributed by atoms with Gasteiger partial charge >= 0.3 is 0 Å². The lowest BCUT2D eigenvalue weighted by molar-refractivity contribution is 0.0962. The molecule has 0 radical (unpaired) electrons. The zero-order valence-corrected chi connectivity index (χ0v) is 12.6. The fourth-order valence-corrected chi connectivity index (χ4v) is 2.37. The molecule has 4 heteroatoms. The van der Waals surface area contributed by atoms with E-state index in [4.69, 9.17) is 5.41 Å². The van der Waals surface area contributed by atoms with Crippen LogP contribution in [0.15, 0.2) is 54.6 Å². The van der Waals surface area contributed by atoms with Gasteiger partial charge in [0.1, 0.15) is 5.84 Å². The van der Waals surface area contributed by atoms with Crippen molar-refractivity contribution in [1.29, 1.82) is 5.41 Å². The Bertz CT molecular complexity index is 640. The van der Waals surface area contributed by atoms with Crippen molar-refractivity contribution in [1.82, 2.24) is 4.90 Å². The van der Waals surface area contributed by atoms with E-state index in [0.717, 1.165) is 11.1 Å². The summed E-state index contributed by atoms with van der Waals surface area (Å²) in [6.45, 7) is 0.908. The Morgan fingerprint density at radius 3 is 2.40 bits per heavy atom. The molecule has 0 saturated heterocycles. The minimum atomic E-state index is 0. The lowest BCUT2D eigenvalue weighted by atomic mass is 10.1. The third-order valence-corrected chi connectivity index (χ3v) is 3.38. The van der Waals surface area contributed by atoms with E-state index in [2.05, 4.69) is 0 Å². The number of carbonyl (C=O) groups excluding carboxylic acids is 1. The molecule has 0 fully saturated rings. The highest BCUT2D eigenvalue weighted by molar-refractivity contribution is 8.93. The molecule has 20 heavy (non-hydrogen) atoms. The molecule has 1 aliphatic heterocycles. The first kappa shape index (κ1) is 14.5. The first-order valence-electron chi connectivity index (χ1n) is 6.26. The smallest absolute Gasteiger partial charge is 0.182 e. The van der Waals surface area contributed by atoms with Crippen molar-refractivity contribution in [2.24, 2.45) is 0 Å². The second kappa shape index (κ2) is 6.01. The molecule has 0 aliphatic carbocycles. The van der Waals surface area contributed by atoms with Gasteiger partial charge in [-0.15, -0.1) is 17.0 Å². The van der Waals surface area contributed by atoms with E-state index in [-0.39, 0.29) is 29.3 Å². The number of hydrogen-bond acceptors (Lipinski definition) is 2. The number of Topliss-reactive ketones (excluding diaryl/α,β-unsaturated/α-hetero) is 1. The lowest BCUT2D eigenvalue weighted by Crippen LogP contribution is -2.30. The van der Waals surface area contributed by atoms with Crippen LogP contribution in [-0.2, 0) is 6.54 Å². The molecule has 3 nitrogen and oxygen atoms in total. The predicted molar refractivity (Wildman–Crippen MR) is 84.8 cm³/mol. The minimum Gasteiger partial charge on any atom is -0.345 e. The Kier molecular flexibility index (Phi) is 4.35. The quantitative estimate of drug-likeness (QED) is 0.877. The van der Waals surface area contributed by atoms with Gasteiger partial charge < -0.3 is 4.90 Å². The average Bonchev–Trinajstić information content (AvgIpc) is 2.77. The zero-order chi connectivity index (χ0) is 13.2. The van der Waals surface area contributed by atoms with Gasteiger partial charge in [0.2, 0.25) is 0 Å². The molecule has 0 atom stereocenters. The van der Waals surface area contributed by atoms with Gasteiger partial charge in [0.15, 0.2) is 5.78 Å². The summed E-state index contributed by atoms with van der Waals surface area (Å²) in [7, 11) is 0. The lowest BCUT2D eigenvalue weighted by Gasteiger charge is -2.16. The van der Waals surface area contributed by atoms with Gasteiger partial charge in [0.25, 0.3) is 0 Å². The van der Waals surface area contributed by atoms with E-state index >= 15 is 0 Å². The normalized spacial score (nSPS) is 12.8. The van der Waals surface area contributed by atoms with Crippen LogP contribution in [0, 0.1) is 5.41 Å². The minimum absolute atomic E-state index is 0. The van der Waals surface area contributed by atoms with Gasteiger partial charge in [-0.3, -0.25) is 10.2 Å². The maximum Gasteiger partial charge on any atom is 0.182 e. The summed E-state index contributed by atoms with van der Waals surface area (Å²) in [6.07, 6.45) is 0. The van der Waals surface area contributed by atoms with Gasteiger partial charge in [0.05, 0.1) is 6.54 Å².